The van der Waals surface area contributed by atoms with E-state index in [0.717, 1.165) is 24.3 Å². The van der Waals surface area contributed by atoms with E-state index in [4.69, 9.17) is 21.1 Å². The molecule has 1 aromatic rings. The summed E-state index contributed by atoms with van der Waals surface area (Å²) in [6.07, 6.45) is 5.75. The average molecular weight is 269 g/mol. The second-order valence-corrected chi connectivity index (χ2v) is 5.51. The van der Waals surface area contributed by atoms with Crippen LogP contribution in [0.25, 0.3) is 0 Å². The number of ether oxygens (including phenoxy) is 2. The SMILES string of the molecule is COc1cccc(OC)c1C1CCCCC(Cl)C1. The summed E-state index contributed by atoms with van der Waals surface area (Å²) in [5.41, 5.74) is 1.19. The van der Waals surface area contributed by atoms with Gasteiger partial charge in [-0.05, 0) is 37.3 Å². The maximum atomic E-state index is 6.38. The molecule has 0 aromatic heterocycles. The first-order valence-corrected chi connectivity index (χ1v) is 7.05. The van der Waals surface area contributed by atoms with Gasteiger partial charge in [0.2, 0.25) is 0 Å². The molecule has 2 atom stereocenters. The van der Waals surface area contributed by atoms with Gasteiger partial charge < -0.3 is 9.47 Å². The molecule has 0 spiro atoms. The summed E-state index contributed by atoms with van der Waals surface area (Å²) in [5, 5.41) is 0.270. The fourth-order valence-electron chi connectivity index (χ4n) is 2.85. The Labute approximate surface area is 114 Å². The highest BCUT2D eigenvalue weighted by Crippen LogP contribution is 2.42. The normalized spacial score (nSPS) is 24.4. The van der Waals surface area contributed by atoms with Gasteiger partial charge in [-0.1, -0.05) is 18.9 Å². The van der Waals surface area contributed by atoms with Gasteiger partial charge >= 0.3 is 0 Å². The molecular formula is C15H21ClO2. The number of alkyl halides is 1. The third kappa shape index (κ3) is 2.92. The molecule has 0 saturated heterocycles. The molecule has 0 amide bonds. The quantitative estimate of drug-likeness (QED) is 0.599. The summed E-state index contributed by atoms with van der Waals surface area (Å²) < 4.78 is 11.0. The Balaban J connectivity index is 2.34. The van der Waals surface area contributed by atoms with Crippen LogP contribution in [0.4, 0.5) is 0 Å². The Morgan fingerprint density at radius 3 is 2.28 bits per heavy atom. The van der Waals surface area contributed by atoms with Crippen molar-refractivity contribution in [1.29, 1.82) is 0 Å². The highest BCUT2D eigenvalue weighted by molar-refractivity contribution is 6.20. The maximum Gasteiger partial charge on any atom is 0.126 e. The molecule has 0 radical (unpaired) electrons. The summed E-state index contributed by atoms with van der Waals surface area (Å²) in [6.45, 7) is 0. The van der Waals surface area contributed by atoms with Gasteiger partial charge in [0.05, 0.1) is 14.2 Å². The first-order chi connectivity index (χ1) is 8.76. The van der Waals surface area contributed by atoms with Crippen LogP contribution in [-0.4, -0.2) is 19.6 Å². The van der Waals surface area contributed by atoms with Gasteiger partial charge in [0, 0.05) is 10.9 Å². The van der Waals surface area contributed by atoms with Gasteiger partial charge in [0.25, 0.3) is 0 Å². The Bertz CT molecular complexity index is 370. The van der Waals surface area contributed by atoms with Crippen LogP contribution in [0.2, 0.25) is 0 Å². The molecule has 0 heterocycles. The van der Waals surface area contributed by atoms with Crippen molar-refractivity contribution in [3.63, 3.8) is 0 Å². The summed E-state index contributed by atoms with van der Waals surface area (Å²) >= 11 is 6.38. The summed E-state index contributed by atoms with van der Waals surface area (Å²) in [4.78, 5) is 0. The molecule has 1 fully saturated rings. The van der Waals surface area contributed by atoms with Crippen LogP contribution in [0.15, 0.2) is 18.2 Å². The molecule has 1 aliphatic carbocycles. The Kier molecular flexibility index (Phi) is 4.76. The zero-order valence-electron chi connectivity index (χ0n) is 11.1. The van der Waals surface area contributed by atoms with Crippen LogP contribution in [0.3, 0.4) is 0 Å². The van der Waals surface area contributed by atoms with Gasteiger partial charge in [0.15, 0.2) is 0 Å². The van der Waals surface area contributed by atoms with E-state index >= 15 is 0 Å². The zero-order chi connectivity index (χ0) is 13.0. The van der Waals surface area contributed by atoms with E-state index in [9.17, 15) is 0 Å². The minimum absolute atomic E-state index is 0.270. The second kappa shape index (κ2) is 6.33. The fraction of sp³-hybridized carbons (Fsp3) is 0.600. The molecule has 1 saturated carbocycles. The molecule has 18 heavy (non-hydrogen) atoms. The first kappa shape index (κ1) is 13.5. The van der Waals surface area contributed by atoms with Crippen molar-refractivity contribution in [3.05, 3.63) is 23.8 Å². The Morgan fingerprint density at radius 1 is 1.06 bits per heavy atom. The molecule has 100 valence electrons. The van der Waals surface area contributed by atoms with Crippen molar-refractivity contribution < 1.29 is 9.47 Å². The van der Waals surface area contributed by atoms with Gasteiger partial charge in [-0.15, -0.1) is 11.6 Å². The molecule has 1 aromatic carbocycles. The number of halogens is 1. The third-order valence-electron chi connectivity index (χ3n) is 3.73. The number of rotatable bonds is 3. The standard InChI is InChI=1S/C15H21ClO2/c1-17-13-8-5-9-14(18-2)15(13)11-6-3-4-7-12(16)10-11/h5,8-9,11-12H,3-4,6-7,10H2,1-2H3. The van der Waals surface area contributed by atoms with Crippen LogP contribution in [-0.2, 0) is 0 Å². The van der Waals surface area contributed by atoms with E-state index in [-0.39, 0.29) is 5.38 Å². The number of benzene rings is 1. The molecule has 1 aliphatic rings. The van der Waals surface area contributed by atoms with Crippen molar-refractivity contribution in [2.24, 2.45) is 0 Å². The molecule has 2 rings (SSSR count). The molecule has 2 nitrogen and oxygen atoms in total. The Hall–Kier alpha value is -0.890. The number of hydrogen-bond acceptors (Lipinski definition) is 2. The molecule has 2 unspecified atom stereocenters. The smallest absolute Gasteiger partial charge is 0.126 e. The summed E-state index contributed by atoms with van der Waals surface area (Å²) in [5.74, 6) is 2.29. The van der Waals surface area contributed by atoms with E-state index in [1.54, 1.807) is 14.2 Å². The largest absolute Gasteiger partial charge is 0.496 e. The van der Waals surface area contributed by atoms with Gasteiger partial charge in [-0.2, -0.15) is 0 Å². The van der Waals surface area contributed by atoms with E-state index in [2.05, 4.69) is 0 Å². The lowest BCUT2D eigenvalue weighted by Gasteiger charge is -2.21. The summed E-state index contributed by atoms with van der Waals surface area (Å²) in [7, 11) is 3.43. The minimum Gasteiger partial charge on any atom is -0.496 e. The molecule has 3 heteroatoms. The lowest BCUT2D eigenvalue weighted by atomic mass is 9.90. The third-order valence-corrected chi connectivity index (χ3v) is 4.13. The van der Waals surface area contributed by atoms with Gasteiger partial charge in [0.1, 0.15) is 11.5 Å². The summed E-state index contributed by atoms with van der Waals surface area (Å²) in [6, 6.07) is 5.98. The van der Waals surface area contributed by atoms with Crippen LogP contribution in [0.5, 0.6) is 11.5 Å². The topological polar surface area (TPSA) is 18.5 Å². The predicted octanol–water partition coefficient (Wildman–Crippen LogP) is 4.36. The molecule has 0 N–H and O–H groups in total. The zero-order valence-corrected chi connectivity index (χ0v) is 11.9. The van der Waals surface area contributed by atoms with Gasteiger partial charge in [-0.25, -0.2) is 0 Å². The Morgan fingerprint density at radius 2 is 1.67 bits per heavy atom. The predicted molar refractivity (Wildman–Crippen MR) is 75.0 cm³/mol. The van der Waals surface area contributed by atoms with E-state index in [0.29, 0.717) is 5.92 Å². The fourth-order valence-corrected chi connectivity index (χ4v) is 3.21. The lowest BCUT2D eigenvalue weighted by molar-refractivity contribution is 0.374. The highest BCUT2D eigenvalue weighted by atomic mass is 35.5. The second-order valence-electron chi connectivity index (χ2n) is 4.89. The van der Waals surface area contributed by atoms with Crippen LogP contribution in [0, 0.1) is 0 Å². The van der Waals surface area contributed by atoms with Crippen molar-refractivity contribution in [2.45, 2.75) is 43.4 Å². The average Bonchev–Trinajstić information content (AvgIpc) is 2.62. The maximum absolute atomic E-state index is 6.38. The van der Waals surface area contributed by atoms with Gasteiger partial charge in [-0.3, -0.25) is 0 Å². The molecular weight excluding hydrogens is 248 g/mol. The van der Waals surface area contributed by atoms with Crippen molar-refractivity contribution in [1.82, 2.24) is 0 Å². The molecule has 0 bridgehead atoms. The van der Waals surface area contributed by atoms with Crippen molar-refractivity contribution in [3.8, 4) is 11.5 Å². The first-order valence-electron chi connectivity index (χ1n) is 6.61. The van der Waals surface area contributed by atoms with E-state index in [1.807, 2.05) is 18.2 Å². The van der Waals surface area contributed by atoms with E-state index < -0.39 is 0 Å². The highest BCUT2D eigenvalue weighted by Gasteiger charge is 2.25. The van der Waals surface area contributed by atoms with E-state index in [1.165, 1.54) is 24.8 Å². The number of methoxy groups -OCH3 is 2. The van der Waals surface area contributed by atoms with Crippen LogP contribution >= 0.6 is 11.6 Å². The monoisotopic (exact) mass is 268 g/mol. The van der Waals surface area contributed by atoms with Crippen LogP contribution < -0.4 is 9.47 Å². The minimum atomic E-state index is 0.270. The van der Waals surface area contributed by atoms with Crippen molar-refractivity contribution >= 4 is 11.6 Å². The van der Waals surface area contributed by atoms with Crippen LogP contribution in [0.1, 0.15) is 43.6 Å². The molecule has 0 aliphatic heterocycles. The van der Waals surface area contributed by atoms with Crippen molar-refractivity contribution in [2.75, 3.05) is 14.2 Å². The number of hydrogen-bond donors (Lipinski definition) is 0. The lowest BCUT2D eigenvalue weighted by Crippen LogP contribution is -2.07.